The molecular formula is C20H16F2N2O3S. The van der Waals surface area contributed by atoms with Crippen LogP contribution in [0.15, 0.2) is 53.4 Å². The lowest BCUT2D eigenvalue weighted by molar-refractivity contribution is -0.124. The van der Waals surface area contributed by atoms with Crippen molar-refractivity contribution in [1.29, 1.82) is 0 Å². The third kappa shape index (κ3) is 4.83. The van der Waals surface area contributed by atoms with Gasteiger partial charge in [-0.3, -0.25) is 19.3 Å². The first kappa shape index (κ1) is 19.8. The molecule has 0 radical (unpaired) electrons. The molecule has 1 aliphatic rings. The third-order valence-electron chi connectivity index (χ3n) is 4.01. The van der Waals surface area contributed by atoms with Gasteiger partial charge in [-0.15, -0.1) is 0 Å². The van der Waals surface area contributed by atoms with Gasteiger partial charge in [0.05, 0.1) is 11.3 Å². The molecule has 0 aliphatic carbocycles. The molecule has 28 heavy (non-hydrogen) atoms. The Morgan fingerprint density at radius 2 is 1.79 bits per heavy atom. The molecule has 2 aromatic carbocycles. The summed E-state index contributed by atoms with van der Waals surface area (Å²) in [6, 6.07) is 11.5. The number of carbonyl (C=O) groups is 3. The van der Waals surface area contributed by atoms with Gasteiger partial charge in [0.2, 0.25) is 5.91 Å². The first-order valence-corrected chi connectivity index (χ1v) is 9.27. The lowest BCUT2D eigenvalue weighted by atomic mass is 10.1. The number of thioether (sulfide) groups is 1. The molecule has 3 amide bonds. The molecule has 0 unspecified atom stereocenters. The number of hydrogen-bond acceptors (Lipinski definition) is 4. The lowest BCUT2D eigenvalue weighted by Gasteiger charge is -2.13. The van der Waals surface area contributed by atoms with Crippen LogP contribution in [0.4, 0.5) is 13.6 Å². The van der Waals surface area contributed by atoms with Gasteiger partial charge in [-0.05, 0) is 47.2 Å². The highest BCUT2D eigenvalue weighted by Gasteiger charge is 2.34. The lowest BCUT2D eigenvalue weighted by Crippen LogP contribution is -2.37. The summed E-state index contributed by atoms with van der Waals surface area (Å²) in [7, 11) is 0. The highest BCUT2D eigenvalue weighted by atomic mass is 32.2. The van der Waals surface area contributed by atoms with Crippen LogP contribution in [0.1, 0.15) is 11.1 Å². The minimum atomic E-state index is -0.470. The summed E-state index contributed by atoms with van der Waals surface area (Å²) in [5.41, 5.74) is 0.874. The van der Waals surface area contributed by atoms with Crippen LogP contribution in [0.2, 0.25) is 0 Å². The number of halogens is 2. The van der Waals surface area contributed by atoms with Crippen LogP contribution >= 0.6 is 11.8 Å². The predicted molar refractivity (Wildman–Crippen MR) is 102 cm³/mol. The highest BCUT2D eigenvalue weighted by molar-refractivity contribution is 8.18. The Hall–Kier alpha value is -3.00. The number of hydrogen-bond donors (Lipinski definition) is 1. The van der Waals surface area contributed by atoms with Crippen molar-refractivity contribution in [3.05, 3.63) is 76.2 Å². The standard InChI is InChI=1S/C20H16F2N2O3S/c21-15-7-5-13(6-8-15)11-17-19(26)24(20(27)28-17)10-9-23-18(25)12-14-3-1-2-4-16(14)22/h1-8,11H,9-10,12H2,(H,23,25). The van der Waals surface area contributed by atoms with Gasteiger partial charge in [0, 0.05) is 13.1 Å². The van der Waals surface area contributed by atoms with Gasteiger partial charge in [0.25, 0.3) is 11.1 Å². The van der Waals surface area contributed by atoms with E-state index in [-0.39, 0.29) is 30.0 Å². The van der Waals surface area contributed by atoms with E-state index in [1.54, 1.807) is 6.07 Å². The van der Waals surface area contributed by atoms with Crippen LogP contribution in [0.25, 0.3) is 6.08 Å². The molecule has 8 heteroatoms. The fourth-order valence-electron chi connectivity index (χ4n) is 2.59. The summed E-state index contributed by atoms with van der Waals surface area (Å²) in [5.74, 6) is -1.73. The second kappa shape index (κ2) is 8.79. The van der Waals surface area contributed by atoms with E-state index in [1.165, 1.54) is 48.5 Å². The number of nitrogens with zero attached hydrogens (tertiary/aromatic N) is 1. The number of rotatable bonds is 6. The van der Waals surface area contributed by atoms with Gasteiger partial charge in [0.15, 0.2) is 0 Å². The average molecular weight is 402 g/mol. The molecule has 1 N–H and O–H groups in total. The molecular weight excluding hydrogens is 386 g/mol. The second-order valence-electron chi connectivity index (χ2n) is 6.00. The molecule has 5 nitrogen and oxygen atoms in total. The van der Waals surface area contributed by atoms with Crippen molar-refractivity contribution in [1.82, 2.24) is 10.2 Å². The van der Waals surface area contributed by atoms with E-state index in [1.807, 2.05) is 0 Å². The number of nitrogens with one attached hydrogen (secondary N) is 1. The first-order chi connectivity index (χ1) is 13.4. The van der Waals surface area contributed by atoms with Crippen molar-refractivity contribution in [2.24, 2.45) is 0 Å². The maximum absolute atomic E-state index is 13.6. The van der Waals surface area contributed by atoms with Gasteiger partial charge in [0.1, 0.15) is 11.6 Å². The molecule has 0 spiro atoms. The summed E-state index contributed by atoms with van der Waals surface area (Å²) in [4.78, 5) is 37.6. The van der Waals surface area contributed by atoms with Gasteiger partial charge in [-0.1, -0.05) is 30.3 Å². The Bertz CT molecular complexity index is 945. The largest absolute Gasteiger partial charge is 0.354 e. The monoisotopic (exact) mass is 402 g/mol. The van der Waals surface area contributed by atoms with Gasteiger partial charge in [-0.25, -0.2) is 8.78 Å². The van der Waals surface area contributed by atoms with Crippen LogP contribution in [0, 0.1) is 11.6 Å². The molecule has 1 saturated heterocycles. The Morgan fingerprint density at radius 1 is 1.07 bits per heavy atom. The van der Waals surface area contributed by atoms with E-state index in [9.17, 15) is 23.2 Å². The van der Waals surface area contributed by atoms with Crippen molar-refractivity contribution in [3.63, 3.8) is 0 Å². The molecule has 0 aromatic heterocycles. The van der Waals surface area contributed by atoms with Crippen molar-refractivity contribution in [2.45, 2.75) is 6.42 Å². The normalized spacial score (nSPS) is 15.4. The molecule has 1 heterocycles. The average Bonchev–Trinajstić information content (AvgIpc) is 2.93. The van der Waals surface area contributed by atoms with Crippen LogP contribution in [0.3, 0.4) is 0 Å². The summed E-state index contributed by atoms with van der Waals surface area (Å²) < 4.78 is 26.5. The van der Waals surface area contributed by atoms with Crippen LogP contribution in [-0.4, -0.2) is 35.0 Å². The SMILES string of the molecule is O=C(Cc1ccccc1F)NCCN1C(=O)SC(=Cc2ccc(F)cc2)C1=O. The zero-order valence-electron chi connectivity index (χ0n) is 14.7. The van der Waals surface area contributed by atoms with Crippen LogP contribution < -0.4 is 5.32 Å². The molecule has 2 aromatic rings. The highest BCUT2D eigenvalue weighted by Crippen LogP contribution is 2.31. The van der Waals surface area contributed by atoms with E-state index in [4.69, 9.17) is 0 Å². The van der Waals surface area contributed by atoms with E-state index in [0.29, 0.717) is 5.56 Å². The van der Waals surface area contributed by atoms with Gasteiger partial charge >= 0.3 is 0 Å². The minimum Gasteiger partial charge on any atom is -0.354 e. The topological polar surface area (TPSA) is 66.5 Å². The van der Waals surface area contributed by atoms with Crippen molar-refractivity contribution in [3.8, 4) is 0 Å². The fraction of sp³-hybridized carbons (Fsp3) is 0.150. The van der Waals surface area contributed by atoms with Gasteiger partial charge in [-0.2, -0.15) is 0 Å². The van der Waals surface area contributed by atoms with Crippen molar-refractivity contribution < 1.29 is 23.2 Å². The Balaban J connectivity index is 1.54. The second-order valence-corrected chi connectivity index (χ2v) is 7.00. The Morgan fingerprint density at radius 3 is 2.50 bits per heavy atom. The zero-order valence-corrected chi connectivity index (χ0v) is 15.5. The molecule has 1 fully saturated rings. The number of carbonyl (C=O) groups excluding carboxylic acids is 3. The molecule has 0 atom stereocenters. The quantitative estimate of drug-likeness (QED) is 0.753. The van der Waals surface area contributed by atoms with E-state index >= 15 is 0 Å². The Kier molecular flexibility index (Phi) is 6.20. The number of imide groups is 1. The number of amides is 3. The first-order valence-electron chi connectivity index (χ1n) is 8.45. The minimum absolute atomic E-state index is 0.00837. The zero-order chi connectivity index (χ0) is 20.1. The third-order valence-corrected chi connectivity index (χ3v) is 4.92. The van der Waals surface area contributed by atoms with Crippen molar-refractivity contribution >= 4 is 34.9 Å². The van der Waals surface area contributed by atoms with Gasteiger partial charge < -0.3 is 5.32 Å². The Labute approximate surface area is 164 Å². The molecule has 144 valence electrons. The molecule has 0 saturated carbocycles. The molecule has 1 aliphatic heterocycles. The fourth-order valence-corrected chi connectivity index (χ4v) is 3.45. The predicted octanol–water partition coefficient (Wildman–Crippen LogP) is 3.36. The van der Waals surface area contributed by atoms with E-state index in [2.05, 4.69) is 5.32 Å². The summed E-state index contributed by atoms with van der Waals surface area (Å²) in [6.07, 6.45) is 1.39. The van der Waals surface area contributed by atoms with E-state index in [0.717, 1.165) is 16.7 Å². The maximum Gasteiger partial charge on any atom is 0.293 e. The maximum atomic E-state index is 13.6. The molecule has 3 rings (SSSR count). The summed E-state index contributed by atoms with van der Waals surface area (Å²) in [6.45, 7) is 0.0730. The van der Waals surface area contributed by atoms with E-state index < -0.39 is 28.7 Å². The summed E-state index contributed by atoms with van der Waals surface area (Å²) in [5, 5.41) is 2.13. The van der Waals surface area contributed by atoms with Crippen LogP contribution in [-0.2, 0) is 16.0 Å². The smallest absolute Gasteiger partial charge is 0.293 e. The van der Waals surface area contributed by atoms with Crippen molar-refractivity contribution in [2.75, 3.05) is 13.1 Å². The van der Waals surface area contributed by atoms with Crippen LogP contribution in [0.5, 0.6) is 0 Å². The number of benzene rings is 2. The summed E-state index contributed by atoms with van der Waals surface area (Å²) >= 11 is 0.787. The molecule has 0 bridgehead atoms.